The summed E-state index contributed by atoms with van der Waals surface area (Å²) in [6.07, 6.45) is 0.0661. The summed E-state index contributed by atoms with van der Waals surface area (Å²) in [5.41, 5.74) is 0. The van der Waals surface area contributed by atoms with Gasteiger partial charge in [-0.25, -0.2) is 0 Å². The maximum absolute atomic E-state index is 12.4. The van der Waals surface area contributed by atoms with E-state index in [4.69, 9.17) is 18.9 Å². The summed E-state index contributed by atoms with van der Waals surface area (Å²) in [6, 6.07) is 19.9. The van der Waals surface area contributed by atoms with Gasteiger partial charge >= 0.3 is 0 Å². The van der Waals surface area contributed by atoms with E-state index in [0.29, 0.717) is 19.4 Å². The maximum atomic E-state index is 12.4. The monoisotopic (exact) mass is 502 g/mol. The van der Waals surface area contributed by atoms with Crippen LogP contribution in [0.2, 0.25) is 5.04 Å². The van der Waals surface area contributed by atoms with Crippen molar-refractivity contribution in [3.8, 4) is 0 Å². The molecule has 0 radical (unpaired) electrons. The van der Waals surface area contributed by atoms with E-state index >= 15 is 0 Å². The highest BCUT2D eigenvalue weighted by Crippen LogP contribution is 2.41. The van der Waals surface area contributed by atoms with Crippen LogP contribution in [0.4, 0.5) is 0 Å². The van der Waals surface area contributed by atoms with Gasteiger partial charge in [-0.15, -0.1) is 0 Å². The van der Waals surface area contributed by atoms with Gasteiger partial charge in [0.05, 0.1) is 6.10 Å². The Morgan fingerprint density at radius 1 is 0.914 bits per heavy atom. The van der Waals surface area contributed by atoms with Crippen molar-refractivity contribution < 1.29 is 28.8 Å². The molecule has 0 aromatic heterocycles. The van der Waals surface area contributed by atoms with E-state index in [1.165, 1.54) is 0 Å². The summed E-state index contributed by atoms with van der Waals surface area (Å²) in [7, 11) is 0.0228. The van der Waals surface area contributed by atoms with Gasteiger partial charge in [0.2, 0.25) is 0 Å². The Bertz CT molecular complexity index is 838. The zero-order chi connectivity index (χ0) is 25.5. The van der Waals surface area contributed by atoms with Gasteiger partial charge in [-0.05, 0) is 34.7 Å². The topological polar surface area (TPSA) is 77.4 Å². The van der Waals surface area contributed by atoms with Crippen molar-refractivity contribution in [2.75, 3.05) is 20.8 Å². The predicted molar refractivity (Wildman–Crippen MR) is 141 cm³/mol. The number of hydrogen-bond donors (Lipinski definition) is 2. The Morgan fingerprint density at radius 3 is 1.97 bits per heavy atom. The minimum atomic E-state index is -3.15. The third-order valence-electron chi connectivity index (χ3n) is 7.35. The molecule has 1 aliphatic heterocycles. The Balaban J connectivity index is 1.82. The van der Waals surface area contributed by atoms with Crippen molar-refractivity contribution in [3.63, 3.8) is 0 Å². The highest BCUT2D eigenvalue weighted by atomic mass is 28.4. The molecule has 0 spiro atoms. The molecule has 7 heteroatoms. The second-order valence-electron chi connectivity index (χ2n) is 10.0. The van der Waals surface area contributed by atoms with Crippen molar-refractivity contribution in [2.45, 2.75) is 82.2 Å². The molecule has 2 aromatic carbocycles. The first kappa shape index (κ1) is 28.0. The Kier molecular flexibility index (Phi) is 10.1. The van der Waals surface area contributed by atoms with Crippen LogP contribution in [-0.2, 0) is 18.9 Å². The first-order valence-electron chi connectivity index (χ1n) is 12.6. The van der Waals surface area contributed by atoms with E-state index < -0.39 is 44.1 Å². The SMILES string of the molecule is CCCCOC1C(OC)[C@H](O)C(CCC(C)(C)[Si](O)(c2ccccc2)c2ccccc2)O[C@@H]1OC. The molecule has 2 N–H and O–H groups in total. The van der Waals surface area contributed by atoms with Crippen LogP contribution < -0.4 is 10.4 Å². The lowest BCUT2D eigenvalue weighted by Crippen LogP contribution is -2.65. The second kappa shape index (κ2) is 12.6. The first-order valence-corrected chi connectivity index (χ1v) is 14.6. The average Bonchev–Trinajstić information content (AvgIpc) is 2.88. The summed E-state index contributed by atoms with van der Waals surface area (Å²) in [6.45, 7) is 6.89. The van der Waals surface area contributed by atoms with E-state index in [2.05, 4.69) is 20.8 Å². The maximum Gasteiger partial charge on any atom is 0.258 e. The highest BCUT2D eigenvalue weighted by molar-refractivity contribution is 6.98. The summed E-state index contributed by atoms with van der Waals surface area (Å²) >= 11 is 0. The number of methoxy groups -OCH3 is 2. The molecule has 1 aliphatic rings. The zero-order valence-corrected chi connectivity index (χ0v) is 22.7. The molecule has 6 nitrogen and oxygen atoms in total. The minimum absolute atomic E-state index is 0.446. The molecular weight excluding hydrogens is 460 g/mol. The molecule has 1 fully saturated rings. The average molecular weight is 503 g/mol. The first-order chi connectivity index (χ1) is 16.8. The van der Waals surface area contributed by atoms with Gasteiger partial charge in [-0.1, -0.05) is 87.9 Å². The standard InChI is InChI=1S/C28H42O6Si/c1-6-7-20-33-26-25(31-4)24(29)23(34-27(26)32-5)18-19-28(2,3)35(30,21-14-10-8-11-15-21)22-16-12-9-13-17-22/h8-17,23-27,29-30H,6-7,18-20H2,1-5H3/t23?,24-,25?,26?,27+/m1/s1. The largest absolute Gasteiger partial charge is 0.424 e. The second-order valence-corrected chi connectivity index (χ2v) is 14.0. The number of hydrogen-bond acceptors (Lipinski definition) is 6. The number of ether oxygens (including phenoxy) is 4. The van der Waals surface area contributed by atoms with Gasteiger partial charge in [0.15, 0.2) is 6.29 Å². The van der Waals surface area contributed by atoms with Gasteiger partial charge in [0.1, 0.15) is 18.3 Å². The molecule has 3 unspecified atom stereocenters. The molecule has 3 rings (SSSR count). The number of aliphatic hydroxyl groups is 1. The Hall–Kier alpha value is -1.58. The molecule has 1 saturated heterocycles. The van der Waals surface area contributed by atoms with Gasteiger partial charge < -0.3 is 28.8 Å². The summed E-state index contributed by atoms with van der Waals surface area (Å²) < 4.78 is 23.5. The Morgan fingerprint density at radius 2 is 1.49 bits per heavy atom. The van der Waals surface area contributed by atoms with Crippen LogP contribution in [0, 0.1) is 0 Å². The molecule has 0 saturated carbocycles. The van der Waals surface area contributed by atoms with E-state index in [1.807, 2.05) is 60.7 Å². The van der Waals surface area contributed by atoms with Gasteiger partial charge in [-0.2, -0.15) is 0 Å². The van der Waals surface area contributed by atoms with E-state index in [0.717, 1.165) is 23.2 Å². The van der Waals surface area contributed by atoms with Crippen LogP contribution in [0.3, 0.4) is 0 Å². The van der Waals surface area contributed by atoms with E-state index in [-0.39, 0.29) is 0 Å². The van der Waals surface area contributed by atoms with E-state index in [9.17, 15) is 9.90 Å². The molecule has 2 aromatic rings. The molecule has 0 bridgehead atoms. The smallest absolute Gasteiger partial charge is 0.258 e. The van der Waals surface area contributed by atoms with Gasteiger partial charge in [0, 0.05) is 20.8 Å². The normalized spacial score (nSPS) is 25.5. The summed E-state index contributed by atoms with van der Waals surface area (Å²) in [4.78, 5) is 12.4. The lowest BCUT2D eigenvalue weighted by molar-refractivity contribution is -0.304. The summed E-state index contributed by atoms with van der Waals surface area (Å²) in [5, 5.41) is 12.7. The zero-order valence-electron chi connectivity index (χ0n) is 21.7. The van der Waals surface area contributed by atoms with E-state index in [1.54, 1.807) is 14.2 Å². The fraction of sp³-hybridized carbons (Fsp3) is 0.571. The molecular formula is C28H42O6Si. The van der Waals surface area contributed by atoms with Crippen molar-refractivity contribution in [3.05, 3.63) is 60.7 Å². The van der Waals surface area contributed by atoms with Crippen molar-refractivity contribution in [1.29, 1.82) is 0 Å². The third-order valence-corrected chi connectivity index (χ3v) is 11.9. The van der Waals surface area contributed by atoms with Crippen molar-refractivity contribution >= 4 is 18.7 Å². The van der Waals surface area contributed by atoms with Gasteiger partial charge in [0.25, 0.3) is 8.32 Å². The minimum Gasteiger partial charge on any atom is -0.424 e. The van der Waals surface area contributed by atoms with Crippen LogP contribution in [0.25, 0.3) is 0 Å². The molecule has 0 amide bonds. The lowest BCUT2D eigenvalue weighted by atomic mass is 9.93. The molecule has 5 atom stereocenters. The molecule has 0 aliphatic carbocycles. The van der Waals surface area contributed by atoms with Crippen LogP contribution >= 0.6 is 0 Å². The predicted octanol–water partition coefficient (Wildman–Crippen LogP) is 3.23. The highest BCUT2D eigenvalue weighted by Gasteiger charge is 2.51. The number of benzene rings is 2. The lowest BCUT2D eigenvalue weighted by Gasteiger charge is -2.45. The number of aliphatic hydroxyl groups excluding tert-OH is 1. The van der Waals surface area contributed by atoms with Crippen LogP contribution in [0.5, 0.6) is 0 Å². The van der Waals surface area contributed by atoms with Crippen molar-refractivity contribution in [2.24, 2.45) is 0 Å². The van der Waals surface area contributed by atoms with Gasteiger partial charge in [-0.3, -0.25) is 0 Å². The molecule has 35 heavy (non-hydrogen) atoms. The number of rotatable bonds is 12. The quantitative estimate of drug-likeness (QED) is 0.343. The number of unbranched alkanes of at least 4 members (excludes halogenated alkanes) is 1. The Labute approximate surface area is 211 Å². The fourth-order valence-electron chi connectivity index (χ4n) is 5.12. The van der Waals surface area contributed by atoms with Crippen molar-refractivity contribution in [1.82, 2.24) is 0 Å². The fourth-order valence-corrected chi connectivity index (χ4v) is 8.87. The third kappa shape index (κ3) is 6.05. The van der Waals surface area contributed by atoms with Crippen LogP contribution in [0.1, 0.15) is 46.5 Å². The van der Waals surface area contributed by atoms with Crippen LogP contribution in [0.15, 0.2) is 60.7 Å². The van der Waals surface area contributed by atoms with Crippen LogP contribution in [-0.4, -0.2) is 69.8 Å². The molecule has 194 valence electrons. The summed E-state index contributed by atoms with van der Waals surface area (Å²) in [5.74, 6) is 0. The molecule has 1 heterocycles.